The third-order valence-electron chi connectivity index (χ3n) is 6.65. The average molecular weight is 625 g/mol. The highest BCUT2D eigenvalue weighted by Crippen LogP contribution is 2.27. The van der Waals surface area contributed by atoms with Crippen LogP contribution in [0.1, 0.15) is 18.1 Å². The van der Waals surface area contributed by atoms with E-state index in [1.807, 2.05) is 30.3 Å². The summed E-state index contributed by atoms with van der Waals surface area (Å²) in [6, 6.07) is 29.5. The number of likely N-dealkylation sites (N-methyl/N-ethyl adjacent to an activating group) is 1. The monoisotopic (exact) mass is 623 g/mol. The number of hydrogen-bond acceptors (Lipinski definition) is 4. The van der Waals surface area contributed by atoms with Crippen molar-refractivity contribution < 1.29 is 18.0 Å². The fourth-order valence-electron chi connectivity index (χ4n) is 4.51. The summed E-state index contributed by atoms with van der Waals surface area (Å²) >= 11 is 12.6. The third-order valence-corrected chi connectivity index (χ3v) is 9.05. The summed E-state index contributed by atoms with van der Waals surface area (Å²) < 4.78 is 28.9. The van der Waals surface area contributed by atoms with Crippen LogP contribution in [0.15, 0.2) is 114 Å². The predicted octanol–water partition coefficient (Wildman–Crippen LogP) is 5.96. The highest BCUT2D eigenvalue weighted by atomic mass is 35.5. The summed E-state index contributed by atoms with van der Waals surface area (Å²) in [5.74, 6) is -0.928. The van der Waals surface area contributed by atoms with Gasteiger partial charge in [0, 0.05) is 29.6 Å². The van der Waals surface area contributed by atoms with Crippen molar-refractivity contribution in [3.05, 3.63) is 130 Å². The average Bonchev–Trinajstić information content (AvgIpc) is 3.00. The highest BCUT2D eigenvalue weighted by Gasteiger charge is 2.34. The van der Waals surface area contributed by atoms with Crippen molar-refractivity contribution in [3.63, 3.8) is 0 Å². The van der Waals surface area contributed by atoms with Crippen molar-refractivity contribution in [1.29, 1.82) is 0 Å². The van der Waals surface area contributed by atoms with Crippen LogP contribution in [-0.4, -0.2) is 44.3 Å². The summed E-state index contributed by atoms with van der Waals surface area (Å²) in [5.41, 5.74) is 1.72. The number of nitrogens with one attached hydrogen (secondary N) is 1. The van der Waals surface area contributed by atoms with Gasteiger partial charge in [0.25, 0.3) is 10.0 Å². The van der Waals surface area contributed by atoms with E-state index in [4.69, 9.17) is 23.2 Å². The lowest BCUT2D eigenvalue weighted by Crippen LogP contribution is -2.53. The fraction of sp³-hybridized carbons (Fsp3) is 0.188. The Bertz CT molecular complexity index is 1600. The molecule has 4 aromatic rings. The zero-order chi connectivity index (χ0) is 30.1. The highest BCUT2D eigenvalue weighted by molar-refractivity contribution is 7.92. The van der Waals surface area contributed by atoms with Gasteiger partial charge >= 0.3 is 0 Å². The number of rotatable bonds is 12. The second kappa shape index (κ2) is 14.4. The molecular formula is C32H31Cl2N3O4S. The normalized spacial score (nSPS) is 11.9. The number of carbonyl (C=O) groups is 2. The minimum Gasteiger partial charge on any atom is -0.355 e. The number of benzene rings is 4. The molecule has 4 rings (SSSR count). The maximum absolute atomic E-state index is 14.3. The first-order valence-corrected chi connectivity index (χ1v) is 15.6. The van der Waals surface area contributed by atoms with Crippen LogP contribution < -0.4 is 9.62 Å². The van der Waals surface area contributed by atoms with E-state index < -0.39 is 28.5 Å². The van der Waals surface area contributed by atoms with Gasteiger partial charge in [-0.15, -0.1) is 0 Å². The number of anilines is 1. The van der Waals surface area contributed by atoms with Gasteiger partial charge in [0.1, 0.15) is 12.6 Å². The topological polar surface area (TPSA) is 86.8 Å². The summed E-state index contributed by atoms with van der Waals surface area (Å²) in [5, 5.41) is 3.68. The van der Waals surface area contributed by atoms with Gasteiger partial charge in [-0.05, 0) is 60.5 Å². The van der Waals surface area contributed by atoms with Crippen LogP contribution in [0, 0.1) is 0 Å². The Kier molecular flexibility index (Phi) is 10.6. The van der Waals surface area contributed by atoms with Crippen molar-refractivity contribution >= 4 is 50.7 Å². The molecule has 0 aromatic heterocycles. The van der Waals surface area contributed by atoms with Gasteiger partial charge in [-0.3, -0.25) is 13.9 Å². The van der Waals surface area contributed by atoms with E-state index in [1.165, 1.54) is 17.0 Å². The zero-order valence-electron chi connectivity index (χ0n) is 23.0. The van der Waals surface area contributed by atoms with Crippen molar-refractivity contribution in [2.75, 3.05) is 17.4 Å². The van der Waals surface area contributed by atoms with Gasteiger partial charge in [-0.1, -0.05) is 89.9 Å². The number of sulfonamides is 1. The maximum atomic E-state index is 14.3. The molecule has 0 aliphatic heterocycles. The number of amides is 2. The van der Waals surface area contributed by atoms with E-state index in [-0.39, 0.29) is 29.5 Å². The van der Waals surface area contributed by atoms with Crippen LogP contribution in [0.4, 0.5) is 5.69 Å². The molecule has 1 atom stereocenters. The van der Waals surface area contributed by atoms with Crippen LogP contribution in [0.2, 0.25) is 10.0 Å². The SMILES string of the molecule is CCNC(=O)C(Cc1ccccc1)N(Cc1ccccc1Cl)C(=O)CN(c1ccc(Cl)cc1)S(=O)(=O)c1ccccc1. The quantitative estimate of drug-likeness (QED) is 0.211. The molecule has 1 unspecified atom stereocenters. The molecule has 4 aromatic carbocycles. The summed E-state index contributed by atoms with van der Waals surface area (Å²) in [6.45, 7) is 1.59. The molecule has 0 bridgehead atoms. The van der Waals surface area contributed by atoms with Crippen molar-refractivity contribution in [2.45, 2.75) is 30.8 Å². The minimum atomic E-state index is -4.18. The molecule has 0 aliphatic carbocycles. The van der Waals surface area contributed by atoms with E-state index >= 15 is 0 Å². The molecule has 1 N–H and O–H groups in total. The van der Waals surface area contributed by atoms with Crippen LogP contribution in [0.5, 0.6) is 0 Å². The first-order valence-electron chi connectivity index (χ1n) is 13.4. The van der Waals surface area contributed by atoms with E-state index in [9.17, 15) is 18.0 Å². The second-order valence-corrected chi connectivity index (χ2v) is 12.2. The Balaban J connectivity index is 1.79. The summed E-state index contributed by atoms with van der Waals surface area (Å²) in [6.07, 6.45) is 0.218. The van der Waals surface area contributed by atoms with E-state index in [2.05, 4.69) is 5.32 Å². The van der Waals surface area contributed by atoms with E-state index in [0.717, 1.165) is 9.87 Å². The molecule has 7 nitrogen and oxygen atoms in total. The predicted molar refractivity (Wildman–Crippen MR) is 167 cm³/mol. The lowest BCUT2D eigenvalue weighted by Gasteiger charge is -2.34. The number of hydrogen-bond donors (Lipinski definition) is 1. The molecule has 0 heterocycles. The van der Waals surface area contributed by atoms with Crippen molar-refractivity contribution in [3.8, 4) is 0 Å². The Labute approximate surface area is 256 Å². The van der Waals surface area contributed by atoms with E-state index in [0.29, 0.717) is 22.2 Å². The Morgan fingerprint density at radius 1 is 0.810 bits per heavy atom. The van der Waals surface area contributed by atoms with Gasteiger partial charge in [0.15, 0.2) is 0 Å². The minimum absolute atomic E-state index is 0.00696. The number of halogens is 2. The van der Waals surface area contributed by atoms with Gasteiger partial charge in [0.2, 0.25) is 11.8 Å². The fourth-order valence-corrected chi connectivity index (χ4v) is 6.27. The molecule has 10 heteroatoms. The van der Waals surface area contributed by atoms with Crippen LogP contribution >= 0.6 is 23.2 Å². The standard InChI is InChI=1S/C32H31Cl2N3O4S/c1-2-35-32(39)30(21-24-11-5-3-6-12-24)36(22-25-13-9-10-16-29(25)34)31(38)23-37(27-19-17-26(33)18-20-27)42(40,41)28-14-7-4-8-15-28/h3-20,30H,2,21-23H2,1H3,(H,35,39). The van der Waals surface area contributed by atoms with Gasteiger partial charge < -0.3 is 10.2 Å². The lowest BCUT2D eigenvalue weighted by atomic mass is 10.0. The smallest absolute Gasteiger partial charge is 0.264 e. The van der Waals surface area contributed by atoms with Crippen molar-refractivity contribution in [2.24, 2.45) is 0 Å². The van der Waals surface area contributed by atoms with Gasteiger partial charge in [-0.2, -0.15) is 0 Å². The molecule has 2 amide bonds. The lowest BCUT2D eigenvalue weighted by molar-refractivity contribution is -0.140. The molecule has 42 heavy (non-hydrogen) atoms. The molecule has 218 valence electrons. The van der Waals surface area contributed by atoms with Gasteiger partial charge in [-0.25, -0.2) is 8.42 Å². The van der Waals surface area contributed by atoms with Crippen LogP contribution in [0.25, 0.3) is 0 Å². The number of carbonyl (C=O) groups excluding carboxylic acids is 2. The molecular weight excluding hydrogens is 593 g/mol. The van der Waals surface area contributed by atoms with Crippen molar-refractivity contribution in [1.82, 2.24) is 10.2 Å². The van der Waals surface area contributed by atoms with Crippen LogP contribution in [0.3, 0.4) is 0 Å². The van der Waals surface area contributed by atoms with E-state index in [1.54, 1.807) is 73.7 Å². The Hall–Kier alpha value is -3.85. The Morgan fingerprint density at radius 3 is 2.02 bits per heavy atom. The molecule has 0 spiro atoms. The third kappa shape index (κ3) is 7.70. The molecule has 0 saturated carbocycles. The van der Waals surface area contributed by atoms with Crippen LogP contribution in [-0.2, 0) is 32.6 Å². The molecule has 0 fully saturated rings. The molecule has 0 radical (unpaired) electrons. The summed E-state index contributed by atoms with van der Waals surface area (Å²) in [4.78, 5) is 29.2. The Morgan fingerprint density at radius 2 is 1.40 bits per heavy atom. The molecule has 0 aliphatic rings. The summed E-state index contributed by atoms with van der Waals surface area (Å²) in [7, 11) is -4.18. The second-order valence-electron chi connectivity index (χ2n) is 9.51. The largest absolute Gasteiger partial charge is 0.355 e. The zero-order valence-corrected chi connectivity index (χ0v) is 25.3. The maximum Gasteiger partial charge on any atom is 0.264 e. The van der Waals surface area contributed by atoms with Gasteiger partial charge in [0.05, 0.1) is 10.6 Å². The number of nitrogens with zero attached hydrogens (tertiary/aromatic N) is 2. The first-order chi connectivity index (χ1) is 20.2. The molecule has 0 saturated heterocycles. The first kappa shape index (κ1) is 31.1.